The number of hydrogen-bond acceptors (Lipinski definition) is 3. The largest absolute Gasteiger partial charge is 0.343 e. The Kier molecular flexibility index (Phi) is 6.09. The molecule has 0 spiro atoms. The van der Waals surface area contributed by atoms with Gasteiger partial charge in [-0.25, -0.2) is 4.98 Å². The monoisotopic (exact) mass is 288 g/mol. The molecule has 0 radical (unpaired) electrons. The summed E-state index contributed by atoms with van der Waals surface area (Å²) in [5.41, 5.74) is 0. The molecule has 1 aliphatic rings. The summed E-state index contributed by atoms with van der Waals surface area (Å²) in [7, 11) is 0. The second-order valence-corrected chi connectivity index (χ2v) is 6.05. The third-order valence-electron chi connectivity index (χ3n) is 3.23. The molecule has 18 heavy (non-hydrogen) atoms. The van der Waals surface area contributed by atoms with Crippen LogP contribution >= 0.6 is 23.7 Å². The minimum atomic E-state index is 0. The van der Waals surface area contributed by atoms with Crippen LogP contribution in [-0.2, 0) is 4.79 Å². The van der Waals surface area contributed by atoms with Crippen molar-refractivity contribution in [3.63, 3.8) is 0 Å². The summed E-state index contributed by atoms with van der Waals surface area (Å²) in [4.78, 5) is 18.3. The van der Waals surface area contributed by atoms with Crippen LogP contribution in [0, 0.1) is 5.92 Å². The molecule has 0 bridgehead atoms. The summed E-state index contributed by atoms with van der Waals surface area (Å²) in [6.45, 7) is 5.99. The zero-order chi connectivity index (χ0) is 12.3. The molecule has 0 atom stereocenters. The number of nitrogens with zero attached hydrogens (tertiary/aromatic N) is 2. The maximum absolute atomic E-state index is 11.9. The van der Waals surface area contributed by atoms with Gasteiger partial charge in [-0.3, -0.25) is 4.79 Å². The molecule has 0 saturated carbocycles. The number of piperidine rings is 1. The summed E-state index contributed by atoms with van der Waals surface area (Å²) in [6.07, 6.45) is 4.69. The number of thiazole rings is 1. The van der Waals surface area contributed by atoms with Crippen LogP contribution in [0.4, 0.5) is 0 Å². The van der Waals surface area contributed by atoms with Gasteiger partial charge in [-0.2, -0.15) is 0 Å². The van der Waals surface area contributed by atoms with Crippen molar-refractivity contribution in [3.8, 4) is 0 Å². The van der Waals surface area contributed by atoms with E-state index in [1.807, 2.05) is 16.5 Å². The first kappa shape index (κ1) is 15.4. The molecule has 3 nitrogen and oxygen atoms in total. The lowest BCUT2D eigenvalue weighted by Crippen LogP contribution is -2.38. The highest BCUT2D eigenvalue weighted by molar-refractivity contribution is 7.09. The van der Waals surface area contributed by atoms with E-state index in [9.17, 15) is 4.79 Å². The third kappa shape index (κ3) is 3.95. The van der Waals surface area contributed by atoms with Crippen molar-refractivity contribution in [2.45, 2.75) is 39.0 Å². The van der Waals surface area contributed by atoms with E-state index in [1.54, 1.807) is 11.3 Å². The van der Waals surface area contributed by atoms with Gasteiger partial charge in [-0.05, 0) is 18.8 Å². The fourth-order valence-electron chi connectivity index (χ4n) is 2.29. The topological polar surface area (TPSA) is 33.2 Å². The zero-order valence-corrected chi connectivity index (χ0v) is 12.6. The summed E-state index contributed by atoms with van der Waals surface area (Å²) in [6, 6.07) is 0. The molecule has 0 N–H and O–H groups in total. The summed E-state index contributed by atoms with van der Waals surface area (Å²) < 4.78 is 0. The van der Waals surface area contributed by atoms with Gasteiger partial charge in [0.25, 0.3) is 0 Å². The number of halogens is 1. The Labute approximate surface area is 119 Å². The molecule has 2 rings (SSSR count). The Bertz CT molecular complexity index is 359. The number of aromatic nitrogens is 1. The number of rotatable bonds is 3. The van der Waals surface area contributed by atoms with E-state index in [4.69, 9.17) is 0 Å². The first-order valence-corrected chi connectivity index (χ1v) is 7.22. The van der Waals surface area contributed by atoms with Crippen LogP contribution in [0.2, 0.25) is 0 Å². The minimum absolute atomic E-state index is 0. The van der Waals surface area contributed by atoms with Gasteiger partial charge in [0.15, 0.2) is 0 Å². The predicted molar refractivity (Wildman–Crippen MR) is 77.4 cm³/mol. The van der Waals surface area contributed by atoms with Crippen LogP contribution in [0.5, 0.6) is 0 Å². The molecule has 1 aliphatic heterocycles. The number of hydrogen-bond donors (Lipinski definition) is 0. The first-order valence-electron chi connectivity index (χ1n) is 6.34. The molecule has 0 unspecified atom stereocenters. The first-order chi connectivity index (χ1) is 8.16. The van der Waals surface area contributed by atoms with E-state index in [-0.39, 0.29) is 12.4 Å². The average Bonchev–Trinajstić information content (AvgIpc) is 2.82. The zero-order valence-electron chi connectivity index (χ0n) is 11.0. The second kappa shape index (κ2) is 7.10. The van der Waals surface area contributed by atoms with Gasteiger partial charge in [0.1, 0.15) is 0 Å². The second-order valence-electron chi connectivity index (χ2n) is 5.12. The molecule has 0 aromatic carbocycles. The molecule has 1 amide bonds. The fraction of sp³-hybridized carbons (Fsp3) is 0.692. The van der Waals surface area contributed by atoms with Crippen molar-refractivity contribution in [2.75, 3.05) is 13.1 Å². The Morgan fingerprint density at radius 2 is 2.17 bits per heavy atom. The number of amides is 1. The number of likely N-dealkylation sites (tertiary alicyclic amines) is 1. The molecule has 5 heteroatoms. The molecule has 1 aromatic heterocycles. The van der Waals surface area contributed by atoms with E-state index >= 15 is 0 Å². The SMILES string of the molecule is CC(C)CC(=O)N1CCC(c2nccs2)CC1.Cl. The molecule has 1 aromatic rings. The van der Waals surface area contributed by atoms with Crippen LogP contribution in [0.3, 0.4) is 0 Å². The molecular weight excluding hydrogens is 268 g/mol. The van der Waals surface area contributed by atoms with E-state index in [0.29, 0.717) is 24.2 Å². The Morgan fingerprint density at radius 1 is 1.50 bits per heavy atom. The van der Waals surface area contributed by atoms with Crippen molar-refractivity contribution < 1.29 is 4.79 Å². The molecule has 1 fully saturated rings. The van der Waals surface area contributed by atoms with Crippen LogP contribution in [0.25, 0.3) is 0 Å². The average molecular weight is 289 g/mol. The van der Waals surface area contributed by atoms with E-state index in [1.165, 1.54) is 5.01 Å². The number of carbonyl (C=O) groups is 1. The fourth-order valence-corrected chi connectivity index (χ4v) is 3.10. The summed E-state index contributed by atoms with van der Waals surface area (Å²) in [5, 5.41) is 3.27. The van der Waals surface area contributed by atoms with Gasteiger partial charge in [-0.15, -0.1) is 23.7 Å². The Morgan fingerprint density at radius 3 is 2.67 bits per heavy atom. The highest BCUT2D eigenvalue weighted by Crippen LogP contribution is 2.29. The Hall–Kier alpha value is -0.610. The van der Waals surface area contributed by atoms with Crippen LogP contribution in [-0.4, -0.2) is 28.9 Å². The normalized spacial score (nSPS) is 16.7. The van der Waals surface area contributed by atoms with Crippen LogP contribution in [0.1, 0.15) is 44.0 Å². The van der Waals surface area contributed by atoms with Crippen molar-refractivity contribution >= 4 is 29.7 Å². The van der Waals surface area contributed by atoms with Crippen LogP contribution in [0.15, 0.2) is 11.6 Å². The standard InChI is InChI=1S/C13H20N2OS.ClH/c1-10(2)9-12(16)15-6-3-11(4-7-15)13-14-5-8-17-13;/h5,8,10-11H,3-4,6-7,9H2,1-2H3;1H. The summed E-state index contributed by atoms with van der Waals surface area (Å²) >= 11 is 1.74. The van der Waals surface area contributed by atoms with E-state index in [0.717, 1.165) is 25.9 Å². The predicted octanol–water partition coefficient (Wildman–Crippen LogP) is 3.32. The third-order valence-corrected chi connectivity index (χ3v) is 4.17. The van der Waals surface area contributed by atoms with Crippen LogP contribution < -0.4 is 0 Å². The van der Waals surface area contributed by atoms with Gasteiger partial charge >= 0.3 is 0 Å². The van der Waals surface area contributed by atoms with Crippen molar-refractivity contribution in [1.82, 2.24) is 9.88 Å². The van der Waals surface area contributed by atoms with Gasteiger partial charge in [0.05, 0.1) is 5.01 Å². The molecule has 102 valence electrons. The number of carbonyl (C=O) groups excluding carboxylic acids is 1. The van der Waals surface area contributed by atoms with Gasteiger partial charge in [-0.1, -0.05) is 13.8 Å². The highest BCUT2D eigenvalue weighted by atomic mass is 35.5. The highest BCUT2D eigenvalue weighted by Gasteiger charge is 2.25. The molecular formula is C13H21ClN2OS. The van der Waals surface area contributed by atoms with E-state index in [2.05, 4.69) is 18.8 Å². The smallest absolute Gasteiger partial charge is 0.222 e. The van der Waals surface area contributed by atoms with Gasteiger partial charge in [0.2, 0.25) is 5.91 Å². The maximum atomic E-state index is 11.9. The van der Waals surface area contributed by atoms with Crippen molar-refractivity contribution in [3.05, 3.63) is 16.6 Å². The minimum Gasteiger partial charge on any atom is -0.343 e. The lowest BCUT2D eigenvalue weighted by atomic mass is 9.97. The van der Waals surface area contributed by atoms with Crippen molar-refractivity contribution in [1.29, 1.82) is 0 Å². The van der Waals surface area contributed by atoms with Gasteiger partial charge < -0.3 is 4.90 Å². The van der Waals surface area contributed by atoms with E-state index < -0.39 is 0 Å². The molecule has 1 saturated heterocycles. The molecule has 0 aliphatic carbocycles. The Balaban J connectivity index is 0.00000162. The lowest BCUT2D eigenvalue weighted by molar-refractivity contribution is -0.133. The van der Waals surface area contributed by atoms with Gasteiger partial charge in [0, 0.05) is 37.0 Å². The molecule has 2 heterocycles. The van der Waals surface area contributed by atoms with Crippen molar-refractivity contribution in [2.24, 2.45) is 5.92 Å². The summed E-state index contributed by atoms with van der Waals surface area (Å²) in [5.74, 6) is 1.34. The quantitative estimate of drug-likeness (QED) is 0.855. The maximum Gasteiger partial charge on any atom is 0.222 e. The lowest BCUT2D eigenvalue weighted by Gasteiger charge is -2.31.